The van der Waals surface area contributed by atoms with Crippen molar-refractivity contribution in [2.45, 2.75) is 6.42 Å². The van der Waals surface area contributed by atoms with E-state index in [1.807, 2.05) is 48.5 Å². The van der Waals surface area contributed by atoms with Crippen LogP contribution in [0.2, 0.25) is 5.02 Å². The Balaban J connectivity index is 1.61. The second kappa shape index (κ2) is 9.13. The van der Waals surface area contributed by atoms with Gasteiger partial charge in [-0.15, -0.1) is 0 Å². The smallest absolute Gasteiger partial charge is 0.360 e. The summed E-state index contributed by atoms with van der Waals surface area (Å²) in [5, 5.41) is 4.60. The van der Waals surface area contributed by atoms with Crippen LogP contribution in [0.25, 0.3) is 33.4 Å². The monoisotopic (exact) mass is 459 g/mol. The van der Waals surface area contributed by atoms with Gasteiger partial charge in [0.2, 0.25) is 0 Å². The number of nitrogens with zero attached hydrogens (tertiary/aromatic N) is 3. The quantitative estimate of drug-likeness (QED) is 0.427. The maximum Gasteiger partial charge on any atom is 0.360 e. The van der Waals surface area contributed by atoms with E-state index in [4.69, 9.17) is 22.1 Å². The lowest BCUT2D eigenvalue weighted by Crippen LogP contribution is -2.19. The van der Waals surface area contributed by atoms with E-state index in [0.29, 0.717) is 34.1 Å². The van der Waals surface area contributed by atoms with Crippen LogP contribution >= 0.6 is 11.6 Å². The average molecular weight is 460 g/mol. The summed E-state index contributed by atoms with van der Waals surface area (Å²) in [5.41, 5.74) is 9.47. The molecule has 2 aromatic heterocycles. The van der Waals surface area contributed by atoms with Crippen molar-refractivity contribution in [3.8, 4) is 22.5 Å². The zero-order chi connectivity index (χ0) is 22.8. The Morgan fingerprint density at radius 3 is 2.70 bits per heavy atom. The zero-order valence-electron chi connectivity index (χ0n) is 17.8. The number of anilines is 1. The summed E-state index contributed by atoms with van der Waals surface area (Å²) in [5.74, 6) is -0.264. The minimum Gasteiger partial charge on any atom is -0.461 e. The van der Waals surface area contributed by atoms with E-state index in [9.17, 15) is 4.79 Å². The SMILES string of the molecule is Nc1nc(-c2ccccc2)c(-c2cc(Cl)c3ncccc3c2)nc1C(=O)OCC1CCNC1. The summed E-state index contributed by atoms with van der Waals surface area (Å²) in [6.45, 7) is 2.07. The van der Waals surface area contributed by atoms with Crippen LogP contribution in [0.1, 0.15) is 16.9 Å². The number of halogens is 1. The summed E-state index contributed by atoms with van der Waals surface area (Å²) >= 11 is 6.53. The molecule has 1 aliphatic rings. The molecule has 1 saturated heterocycles. The van der Waals surface area contributed by atoms with Gasteiger partial charge < -0.3 is 15.8 Å². The van der Waals surface area contributed by atoms with Gasteiger partial charge >= 0.3 is 5.97 Å². The fourth-order valence-electron chi connectivity index (χ4n) is 4.00. The number of rotatable bonds is 5. The van der Waals surface area contributed by atoms with Crippen molar-refractivity contribution in [1.29, 1.82) is 0 Å². The van der Waals surface area contributed by atoms with E-state index in [-0.39, 0.29) is 17.4 Å². The number of nitrogens with two attached hydrogens (primary N) is 1. The van der Waals surface area contributed by atoms with E-state index in [2.05, 4.69) is 20.3 Å². The summed E-state index contributed by atoms with van der Waals surface area (Å²) < 4.78 is 5.53. The molecule has 5 rings (SSSR count). The lowest BCUT2D eigenvalue weighted by Gasteiger charge is -2.14. The number of pyridine rings is 1. The fraction of sp³-hybridized carbons (Fsp3) is 0.200. The fourth-order valence-corrected chi connectivity index (χ4v) is 4.28. The summed E-state index contributed by atoms with van der Waals surface area (Å²) in [4.78, 5) is 26.5. The Morgan fingerprint density at radius 2 is 1.91 bits per heavy atom. The number of benzene rings is 2. The predicted octanol–water partition coefficient (Wildman–Crippen LogP) is 4.36. The van der Waals surface area contributed by atoms with E-state index >= 15 is 0 Å². The normalized spacial score (nSPS) is 15.6. The van der Waals surface area contributed by atoms with Crippen molar-refractivity contribution < 1.29 is 9.53 Å². The Hall–Kier alpha value is -3.55. The molecule has 3 N–H and O–H groups in total. The molecule has 2 aromatic carbocycles. The standard InChI is InChI=1S/C25H22ClN5O2/c26-19-12-18(11-17-7-4-9-29-20(17)19)22-21(16-5-2-1-3-6-16)31-24(27)23(30-22)25(32)33-14-15-8-10-28-13-15/h1-7,9,11-12,15,28H,8,10,13-14H2,(H2,27,31). The van der Waals surface area contributed by atoms with Crippen LogP contribution in [-0.4, -0.2) is 40.6 Å². The van der Waals surface area contributed by atoms with Gasteiger partial charge in [0.1, 0.15) is 0 Å². The van der Waals surface area contributed by atoms with Gasteiger partial charge in [0.25, 0.3) is 0 Å². The number of esters is 1. The molecular weight excluding hydrogens is 438 g/mol. The Labute approximate surface area is 196 Å². The number of nitrogens with one attached hydrogen (secondary N) is 1. The number of fused-ring (bicyclic) bond motifs is 1. The van der Waals surface area contributed by atoms with Crippen molar-refractivity contribution in [3.05, 3.63) is 71.5 Å². The lowest BCUT2D eigenvalue weighted by atomic mass is 10.0. The average Bonchev–Trinajstić information content (AvgIpc) is 3.37. The van der Waals surface area contributed by atoms with Crippen LogP contribution < -0.4 is 11.1 Å². The van der Waals surface area contributed by atoms with Crippen LogP contribution in [0.15, 0.2) is 60.8 Å². The zero-order valence-corrected chi connectivity index (χ0v) is 18.5. The maximum absolute atomic E-state index is 12.9. The van der Waals surface area contributed by atoms with Crippen LogP contribution in [0.4, 0.5) is 5.82 Å². The van der Waals surface area contributed by atoms with Gasteiger partial charge in [-0.2, -0.15) is 0 Å². The molecule has 166 valence electrons. The van der Waals surface area contributed by atoms with Gasteiger partial charge in [-0.25, -0.2) is 14.8 Å². The molecule has 3 heterocycles. The van der Waals surface area contributed by atoms with Crippen LogP contribution in [0.5, 0.6) is 0 Å². The highest BCUT2D eigenvalue weighted by atomic mass is 35.5. The van der Waals surface area contributed by atoms with Crippen molar-refractivity contribution >= 4 is 34.3 Å². The molecule has 1 fully saturated rings. The molecule has 8 heteroatoms. The topological polar surface area (TPSA) is 103 Å². The summed E-state index contributed by atoms with van der Waals surface area (Å²) in [7, 11) is 0. The number of carbonyl (C=O) groups is 1. The Kier molecular flexibility index (Phi) is 5.90. The summed E-state index contributed by atoms with van der Waals surface area (Å²) in [6, 6.07) is 17.1. The predicted molar refractivity (Wildman–Crippen MR) is 129 cm³/mol. The Morgan fingerprint density at radius 1 is 1.09 bits per heavy atom. The Bertz CT molecular complexity index is 1320. The van der Waals surface area contributed by atoms with E-state index < -0.39 is 5.97 Å². The number of hydrogen-bond acceptors (Lipinski definition) is 7. The maximum atomic E-state index is 12.9. The molecule has 4 aromatic rings. The van der Waals surface area contributed by atoms with Crippen LogP contribution in [0, 0.1) is 5.92 Å². The van der Waals surface area contributed by atoms with Gasteiger partial charge in [-0.3, -0.25) is 4.98 Å². The second-order valence-corrected chi connectivity index (χ2v) is 8.42. The van der Waals surface area contributed by atoms with Crippen molar-refractivity contribution in [3.63, 3.8) is 0 Å². The molecule has 0 radical (unpaired) electrons. The van der Waals surface area contributed by atoms with E-state index in [1.165, 1.54) is 0 Å². The third-order valence-electron chi connectivity index (χ3n) is 5.71. The van der Waals surface area contributed by atoms with Crippen molar-refractivity contribution in [2.75, 3.05) is 25.4 Å². The van der Waals surface area contributed by atoms with E-state index in [1.54, 1.807) is 12.3 Å². The summed E-state index contributed by atoms with van der Waals surface area (Å²) in [6.07, 6.45) is 2.66. The highest BCUT2D eigenvalue weighted by Gasteiger charge is 2.23. The van der Waals surface area contributed by atoms with Crippen molar-refractivity contribution in [1.82, 2.24) is 20.3 Å². The first-order valence-corrected chi connectivity index (χ1v) is 11.1. The van der Waals surface area contributed by atoms with Crippen molar-refractivity contribution in [2.24, 2.45) is 5.92 Å². The molecule has 1 atom stereocenters. The lowest BCUT2D eigenvalue weighted by molar-refractivity contribution is 0.0444. The molecule has 0 saturated carbocycles. The number of nitrogen functional groups attached to an aromatic ring is 1. The van der Waals surface area contributed by atoms with Gasteiger partial charge in [-0.05, 0) is 31.2 Å². The molecule has 0 bridgehead atoms. The van der Waals surface area contributed by atoms with Crippen LogP contribution in [0.3, 0.4) is 0 Å². The number of ether oxygens (including phenoxy) is 1. The molecule has 1 unspecified atom stereocenters. The molecule has 7 nitrogen and oxygen atoms in total. The van der Waals surface area contributed by atoms with Gasteiger partial charge in [0.15, 0.2) is 11.5 Å². The molecular formula is C25H22ClN5O2. The molecule has 33 heavy (non-hydrogen) atoms. The largest absolute Gasteiger partial charge is 0.461 e. The number of carbonyl (C=O) groups excluding carboxylic acids is 1. The first-order valence-electron chi connectivity index (χ1n) is 10.8. The second-order valence-electron chi connectivity index (χ2n) is 8.01. The van der Waals surface area contributed by atoms with E-state index in [0.717, 1.165) is 30.5 Å². The molecule has 0 amide bonds. The highest BCUT2D eigenvalue weighted by molar-refractivity contribution is 6.35. The van der Waals surface area contributed by atoms with Gasteiger partial charge in [0.05, 0.1) is 28.5 Å². The third kappa shape index (κ3) is 4.37. The minimum atomic E-state index is -0.582. The first-order chi connectivity index (χ1) is 16.1. The van der Waals surface area contributed by atoms with Gasteiger partial charge in [-0.1, -0.05) is 48.0 Å². The number of aromatic nitrogens is 3. The number of hydrogen-bond donors (Lipinski definition) is 2. The van der Waals surface area contributed by atoms with Gasteiger partial charge in [0, 0.05) is 35.2 Å². The van der Waals surface area contributed by atoms with Crippen LogP contribution in [-0.2, 0) is 4.74 Å². The molecule has 0 aliphatic carbocycles. The first kappa shape index (κ1) is 21.3. The molecule has 1 aliphatic heterocycles. The molecule has 0 spiro atoms. The highest BCUT2D eigenvalue weighted by Crippen LogP contribution is 2.35. The minimum absolute atomic E-state index is 0.00181. The third-order valence-corrected chi connectivity index (χ3v) is 6.00.